The summed E-state index contributed by atoms with van der Waals surface area (Å²) in [4.78, 5) is 14.7. The number of para-hydroxylation sites is 1. The van der Waals surface area contributed by atoms with E-state index < -0.39 is 0 Å². The number of nitrogens with zero attached hydrogens (tertiary/aromatic N) is 5. The smallest absolute Gasteiger partial charge is 0.274 e. The molecule has 144 valence electrons. The Morgan fingerprint density at radius 2 is 1.86 bits per heavy atom. The van der Waals surface area contributed by atoms with Crippen LogP contribution in [0.1, 0.15) is 53.5 Å². The first-order valence-electron chi connectivity index (χ1n) is 9.86. The Balaban J connectivity index is 1.32. The number of likely N-dealkylation sites (tertiary alicyclic amines) is 1. The number of rotatable bonds is 4. The molecule has 1 N–H and O–H groups in total. The molecule has 5 rings (SSSR count). The van der Waals surface area contributed by atoms with Crippen LogP contribution in [0.2, 0.25) is 0 Å². The minimum Gasteiger partial charge on any atom is -0.337 e. The molecule has 28 heavy (non-hydrogen) atoms. The number of carbonyl (C=O) groups excluding carboxylic acids is 1. The number of carbonyl (C=O) groups is 1. The van der Waals surface area contributed by atoms with Crippen LogP contribution in [0, 0.1) is 18.8 Å². The van der Waals surface area contributed by atoms with Gasteiger partial charge in [0.2, 0.25) is 0 Å². The van der Waals surface area contributed by atoms with E-state index in [2.05, 4.69) is 50.9 Å². The van der Waals surface area contributed by atoms with Gasteiger partial charge in [0.25, 0.3) is 5.91 Å². The summed E-state index contributed by atoms with van der Waals surface area (Å²) in [5.74, 6) is 3.56. The van der Waals surface area contributed by atoms with E-state index in [0.29, 0.717) is 29.4 Å². The molecule has 0 radical (unpaired) electrons. The topological polar surface area (TPSA) is 79.7 Å². The van der Waals surface area contributed by atoms with Crippen molar-refractivity contribution in [3.05, 3.63) is 59.4 Å². The average molecular weight is 376 g/mol. The second kappa shape index (κ2) is 6.29. The number of fused-ring (bicyclic) bond motifs is 1. The molecule has 7 nitrogen and oxygen atoms in total. The van der Waals surface area contributed by atoms with Gasteiger partial charge in [-0.2, -0.15) is 5.10 Å². The Kier molecular flexibility index (Phi) is 3.86. The standard InChI is InChI=1S/C21H24N6O/c1-12(2)17-9-18(24-23-17)21(28)26-10-15-16(11-26)19(15)20-25-22-13(3)27(20)14-7-5-4-6-8-14/h4-9,12,15-16,19H,10-11H2,1-3H3,(H,23,24)/t15-,16+,19?. The molecule has 2 aliphatic rings. The Morgan fingerprint density at radius 3 is 2.50 bits per heavy atom. The highest BCUT2D eigenvalue weighted by Gasteiger charge is 2.59. The first-order valence-corrected chi connectivity index (χ1v) is 9.86. The number of aromatic nitrogens is 5. The quantitative estimate of drug-likeness (QED) is 0.759. The molecular weight excluding hydrogens is 352 g/mol. The van der Waals surface area contributed by atoms with Crippen LogP contribution in [-0.4, -0.2) is 48.9 Å². The van der Waals surface area contributed by atoms with Crippen molar-refractivity contribution in [2.75, 3.05) is 13.1 Å². The van der Waals surface area contributed by atoms with Gasteiger partial charge in [0.15, 0.2) is 0 Å². The third kappa shape index (κ3) is 2.65. The number of piperidine rings is 1. The van der Waals surface area contributed by atoms with Gasteiger partial charge in [-0.05, 0) is 42.9 Å². The van der Waals surface area contributed by atoms with Crippen molar-refractivity contribution in [2.24, 2.45) is 11.8 Å². The summed E-state index contributed by atoms with van der Waals surface area (Å²) >= 11 is 0. The van der Waals surface area contributed by atoms with Crippen molar-refractivity contribution < 1.29 is 4.79 Å². The molecule has 0 bridgehead atoms. The summed E-state index contributed by atoms with van der Waals surface area (Å²) in [5.41, 5.74) is 2.61. The van der Waals surface area contributed by atoms with Gasteiger partial charge < -0.3 is 4.90 Å². The molecule has 3 aromatic rings. The van der Waals surface area contributed by atoms with Gasteiger partial charge in [-0.25, -0.2) is 0 Å². The van der Waals surface area contributed by atoms with E-state index >= 15 is 0 Å². The fraction of sp³-hybridized carbons (Fsp3) is 0.429. The van der Waals surface area contributed by atoms with Crippen molar-refractivity contribution in [1.29, 1.82) is 0 Å². The van der Waals surface area contributed by atoms with Gasteiger partial charge in [-0.1, -0.05) is 32.0 Å². The number of aromatic amines is 1. The molecule has 3 atom stereocenters. The molecule has 2 fully saturated rings. The normalized spacial score (nSPS) is 23.3. The van der Waals surface area contributed by atoms with Crippen LogP contribution in [0.3, 0.4) is 0 Å². The lowest BCUT2D eigenvalue weighted by Gasteiger charge is -2.19. The monoisotopic (exact) mass is 376 g/mol. The van der Waals surface area contributed by atoms with E-state index in [1.54, 1.807) is 0 Å². The van der Waals surface area contributed by atoms with E-state index in [0.717, 1.165) is 36.1 Å². The fourth-order valence-electron chi connectivity index (χ4n) is 4.47. The minimum absolute atomic E-state index is 0.0230. The highest BCUT2D eigenvalue weighted by molar-refractivity contribution is 5.92. The van der Waals surface area contributed by atoms with Crippen molar-refractivity contribution in [3.8, 4) is 5.69 Å². The SMILES string of the molecule is Cc1nnc(C2[C@H]3CN(C(=O)c4cc(C(C)C)[nH]n4)C[C@@H]23)n1-c1ccccc1. The average Bonchev–Trinajstić information content (AvgIpc) is 3.16. The maximum Gasteiger partial charge on any atom is 0.274 e. The number of hydrogen-bond acceptors (Lipinski definition) is 4. The number of benzene rings is 1. The van der Waals surface area contributed by atoms with E-state index in [1.807, 2.05) is 36.1 Å². The summed E-state index contributed by atoms with van der Waals surface area (Å²) in [7, 11) is 0. The van der Waals surface area contributed by atoms with Gasteiger partial charge in [-0.3, -0.25) is 14.5 Å². The van der Waals surface area contributed by atoms with Gasteiger partial charge in [0.1, 0.15) is 17.3 Å². The molecule has 1 aliphatic heterocycles. The minimum atomic E-state index is 0.0230. The lowest BCUT2D eigenvalue weighted by Crippen LogP contribution is -2.31. The van der Waals surface area contributed by atoms with Crippen LogP contribution in [0.5, 0.6) is 0 Å². The van der Waals surface area contributed by atoms with Crippen LogP contribution < -0.4 is 0 Å². The molecule has 1 unspecified atom stereocenters. The third-order valence-electron chi connectivity index (χ3n) is 6.08. The van der Waals surface area contributed by atoms with E-state index in [-0.39, 0.29) is 5.91 Å². The van der Waals surface area contributed by atoms with Gasteiger partial charge in [-0.15, -0.1) is 10.2 Å². The number of aryl methyl sites for hydroxylation is 1. The number of hydrogen-bond donors (Lipinski definition) is 1. The van der Waals surface area contributed by atoms with E-state index in [1.165, 1.54) is 0 Å². The largest absolute Gasteiger partial charge is 0.337 e. The lowest BCUT2D eigenvalue weighted by atomic mass is 10.1. The zero-order valence-corrected chi connectivity index (χ0v) is 16.3. The molecule has 3 heterocycles. The lowest BCUT2D eigenvalue weighted by molar-refractivity contribution is 0.0766. The van der Waals surface area contributed by atoms with Gasteiger partial charge >= 0.3 is 0 Å². The molecule has 1 amide bonds. The summed E-state index contributed by atoms with van der Waals surface area (Å²) < 4.78 is 2.15. The Morgan fingerprint density at radius 1 is 1.14 bits per heavy atom. The Labute approximate surface area is 163 Å². The number of amides is 1. The zero-order valence-electron chi connectivity index (χ0n) is 16.3. The van der Waals surface area contributed by atoms with Gasteiger partial charge in [0, 0.05) is 30.4 Å². The molecular formula is C21H24N6O. The van der Waals surface area contributed by atoms with Gasteiger partial charge in [0.05, 0.1) is 0 Å². The first-order chi connectivity index (χ1) is 13.5. The fourth-order valence-corrected chi connectivity index (χ4v) is 4.47. The Hall–Kier alpha value is -2.96. The zero-order chi connectivity index (χ0) is 19.4. The van der Waals surface area contributed by atoms with Crippen LogP contribution in [-0.2, 0) is 0 Å². The summed E-state index contributed by atoms with van der Waals surface area (Å²) in [6.07, 6.45) is 0. The predicted octanol–water partition coefficient (Wildman–Crippen LogP) is 2.91. The maximum atomic E-state index is 12.8. The van der Waals surface area contributed by atoms with Crippen LogP contribution >= 0.6 is 0 Å². The number of nitrogens with one attached hydrogen (secondary N) is 1. The Bertz CT molecular complexity index is 1010. The number of H-pyrrole nitrogens is 1. The van der Waals surface area contributed by atoms with Crippen LogP contribution in [0.25, 0.3) is 5.69 Å². The molecule has 7 heteroatoms. The molecule has 1 aromatic carbocycles. The second-order valence-electron chi connectivity index (χ2n) is 8.20. The highest BCUT2D eigenvalue weighted by Crippen LogP contribution is 2.58. The van der Waals surface area contributed by atoms with Crippen LogP contribution in [0.4, 0.5) is 0 Å². The van der Waals surface area contributed by atoms with Crippen LogP contribution in [0.15, 0.2) is 36.4 Å². The van der Waals surface area contributed by atoms with Crippen molar-refractivity contribution in [1.82, 2.24) is 29.9 Å². The molecule has 1 aliphatic carbocycles. The highest BCUT2D eigenvalue weighted by atomic mass is 16.2. The molecule has 1 saturated carbocycles. The molecule has 0 spiro atoms. The third-order valence-corrected chi connectivity index (χ3v) is 6.08. The molecule has 2 aromatic heterocycles. The molecule has 1 saturated heterocycles. The van der Waals surface area contributed by atoms with E-state index in [4.69, 9.17) is 0 Å². The van der Waals surface area contributed by atoms with Crippen molar-refractivity contribution >= 4 is 5.91 Å². The van der Waals surface area contributed by atoms with Crippen molar-refractivity contribution in [3.63, 3.8) is 0 Å². The van der Waals surface area contributed by atoms with E-state index in [9.17, 15) is 4.79 Å². The maximum absolute atomic E-state index is 12.8. The first kappa shape index (κ1) is 17.2. The predicted molar refractivity (Wildman–Crippen MR) is 104 cm³/mol. The van der Waals surface area contributed by atoms with Crippen molar-refractivity contribution in [2.45, 2.75) is 32.6 Å². The summed E-state index contributed by atoms with van der Waals surface area (Å²) in [6.45, 7) is 7.68. The summed E-state index contributed by atoms with van der Waals surface area (Å²) in [6, 6.07) is 12.1. The second-order valence-corrected chi connectivity index (χ2v) is 8.20. The summed E-state index contributed by atoms with van der Waals surface area (Å²) in [5, 5.41) is 16.0.